The molecule has 0 aliphatic rings. The lowest BCUT2D eigenvalue weighted by atomic mass is 10.3. The van der Waals surface area contributed by atoms with E-state index in [0.29, 0.717) is 5.15 Å². The molecule has 0 saturated heterocycles. The molecule has 108 valence electrons. The van der Waals surface area contributed by atoms with Gasteiger partial charge in [0.05, 0.1) is 16.4 Å². The molecule has 0 aliphatic heterocycles. The van der Waals surface area contributed by atoms with Crippen molar-refractivity contribution in [3.8, 4) is 0 Å². The van der Waals surface area contributed by atoms with Gasteiger partial charge >= 0.3 is 0 Å². The molecule has 0 amide bonds. The summed E-state index contributed by atoms with van der Waals surface area (Å²) in [5.41, 5.74) is 5.41. The van der Waals surface area contributed by atoms with Crippen molar-refractivity contribution in [2.75, 3.05) is 5.43 Å². The minimum atomic E-state index is 0.418. The zero-order valence-electron chi connectivity index (χ0n) is 11.3. The number of thiazole rings is 1. The number of hydrogen-bond acceptors (Lipinski definition) is 5. The van der Waals surface area contributed by atoms with E-state index >= 15 is 0 Å². The van der Waals surface area contributed by atoms with E-state index in [1.54, 1.807) is 17.6 Å². The Morgan fingerprint density at radius 3 is 2.91 bits per heavy atom. The van der Waals surface area contributed by atoms with Gasteiger partial charge in [0.1, 0.15) is 11.3 Å². The fraction of sp³-hybridized carbons (Fsp3) is 0. The van der Waals surface area contributed by atoms with Crippen LogP contribution in [0.1, 0.15) is 5.69 Å². The van der Waals surface area contributed by atoms with Crippen molar-refractivity contribution in [2.24, 2.45) is 5.10 Å². The molecule has 3 aromatic heterocycles. The monoisotopic (exact) mass is 327 g/mol. The van der Waals surface area contributed by atoms with E-state index in [0.717, 1.165) is 26.7 Å². The minimum Gasteiger partial charge on any atom is -0.297 e. The predicted molar refractivity (Wildman–Crippen MR) is 91.0 cm³/mol. The summed E-state index contributed by atoms with van der Waals surface area (Å²) in [6, 6.07) is 13.7. The average molecular weight is 328 g/mol. The number of nitrogens with one attached hydrogen (secondary N) is 1. The highest BCUT2D eigenvalue weighted by Crippen LogP contribution is 2.25. The van der Waals surface area contributed by atoms with Gasteiger partial charge in [-0.2, -0.15) is 5.10 Å². The summed E-state index contributed by atoms with van der Waals surface area (Å²) < 4.78 is 3.00. The lowest BCUT2D eigenvalue weighted by Crippen LogP contribution is -1.94. The molecule has 0 fully saturated rings. The molecule has 7 heteroatoms. The van der Waals surface area contributed by atoms with Crippen molar-refractivity contribution in [1.82, 2.24) is 14.4 Å². The molecule has 0 radical (unpaired) electrons. The third-order valence-corrected chi connectivity index (χ3v) is 4.38. The molecule has 0 spiro atoms. The summed E-state index contributed by atoms with van der Waals surface area (Å²) in [5.74, 6) is 0. The molecule has 0 unspecified atom stereocenters. The number of para-hydroxylation sites is 1. The number of hydrogen-bond donors (Lipinski definition) is 1. The van der Waals surface area contributed by atoms with Gasteiger partial charge in [-0.05, 0) is 24.3 Å². The highest BCUT2D eigenvalue weighted by Gasteiger charge is 2.07. The average Bonchev–Trinajstić information content (AvgIpc) is 3.08. The third kappa shape index (κ3) is 2.32. The molecule has 0 saturated carbocycles. The highest BCUT2D eigenvalue weighted by molar-refractivity contribution is 7.22. The van der Waals surface area contributed by atoms with Crippen LogP contribution in [0.3, 0.4) is 0 Å². The summed E-state index contributed by atoms with van der Waals surface area (Å²) in [6.45, 7) is 0. The Morgan fingerprint density at radius 1 is 1.14 bits per heavy atom. The Kier molecular flexibility index (Phi) is 3.25. The third-order valence-electron chi connectivity index (χ3n) is 3.16. The van der Waals surface area contributed by atoms with Gasteiger partial charge in [-0.25, -0.2) is 9.97 Å². The van der Waals surface area contributed by atoms with Gasteiger partial charge in [-0.15, -0.1) is 0 Å². The Bertz CT molecular complexity index is 955. The number of aromatic nitrogens is 3. The zero-order chi connectivity index (χ0) is 14.9. The molecular weight excluding hydrogens is 318 g/mol. The van der Waals surface area contributed by atoms with Crippen LogP contribution >= 0.6 is 22.9 Å². The number of pyridine rings is 1. The van der Waals surface area contributed by atoms with Gasteiger partial charge in [-0.1, -0.05) is 41.1 Å². The van der Waals surface area contributed by atoms with Crippen LogP contribution in [0.2, 0.25) is 5.15 Å². The van der Waals surface area contributed by atoms with Crippen LogP contribution in [0.5, 0.6) is 0 Å². The topological polar surface area (TPSA) is 54.6 Å². The van der Waals surface area contributed by atoms with Crippen molar-refractivity contribution >= 4 is 50.1 Å². The van der Waals surface area contributed by atoms with E-state index in [9.17, 15) is 0 Å². The molecule has 1 aromatic carbocycles. The maximum Gasteiger partial charge on any atom is 0.204 e. The fourth-order valence-electron chi connectivity index (χ4n) is 2.17. The van der Waals surface area contributed by atoms with Crippen LogP contribution in [0.4, 0.5) is 5.13 Å². The molecule has 22 heavy (non-hydrogen) atoms. The first-order valence-electron chi connectivity index (χ1n) is 6.58. The van der Waals surface area contributed by atoms with E-state index in [1.165, 1.54) is 0 Å². The molecule has 0 bridgehead atoms. The quantitative estimate of drug-likeness (QED) is 0.456. The van der Waals surface area contributed by atoms with Crippen molar-refractivity contribution in [1.29, 1.82) is 0 Å². The van der Waals surface area contributed by atoms with Crippen molar-refractivity contribution in [3.63, 3.8) is 0 Å². The van der Waals surface area contributed by atoms with Crippen LogP contribution < -0.4 is 5.43 Å². The van der Waals surface area contributed by atoms with E-state index in [4.69, 9.17) is 11.6 Å². The normalized spacial score (nSPS) is 11.7. The number of fused-ring (bicyclic) bond motifs is 2. The summed E-state index contributed by atoms with van der Waals surface area (Å²) in [5, 5.41) is 5.37. The Labute approximate surface area is 134 Å². The van der Waals surface area contributed by atoms with E-state index in [-0.39, 0.29) is 0 Å². The fourth-order valence-corrected chi connectivity index (χ4v) is 3.21. The largest absolute Gasteiger partial charge is 0.297 e. The Morgan fingerprint density at radius 2 is 2.00 bits per heavy atom. The number of hydrazone groups is 1. The minimum absolute atomic E-state index is 0.418. The Balaban J connectivity index is 1.62. The molecule has 1 N–H and O–H groups in total. The van der Waals surface area contributed by atoms with E-state index < -0.39 is 0 Å². The number of anilines is 1. The number of benzene rings is 1. The van der Waals surface area contributed by atoms with Crippen LogP contribution in [-0.4, -0.2) is 20.6 Å². The molecule has 4 aromatic rings. The number of halogens is 1. The lowest BCUT2D eigenvalue weighted by Gasteiger charge is -1.96. The summed E-state index contributed by atoms with van der Waals surface area (Å²) >= 11 is 7.70. The van der Waals surface area contributed by atoms with Crippen molar-refractivity contribution in [3.05, 3.63) is 59.5 Å². The summed E-state index contributed by atoms with van der Waals surface area (Å²) in [6.07, 6.45) is 3.54. The zero-order valence-corrected chi connectivity index (χ0v) is 12.8. The van der Waals surface area contributed by atoms with Crippen LogP contribution in [0, 0.1) is 0 Å². The molecule has 3 heterocycles. The van der Waals surface area contributed by atoms with Crippen LogP contribution in [0.15, 0.2) is 53.8 Å². The van der Waals surface area contributed by atoms with Gasteiger partial charge in [0, 0.05) is 6.20 Å². The van der Waals surface area contributed by atoms with Gasteiger partial charge < -0.3 is 0 Å². The number of rotatable bonds is 3. The predicted octanol–water partition coefficient (Wildman–Crippen LogP) is 4.04. The molecule has 5 nitrogen and oxygen atoms in total. The molecule has 0 aliphatic carbocycles. The maximum atomic E-state index is 6.15. The first-order valence-corrected chi connectivity index (χ1v) is 7.78. The smallest absolute Gasteiger partial charge is 0.204 e. The SMILES string of the molecule is Clc1nc2ccccn2c1C=NNc1nc2ccccc2s1. The van der Waals surface area contributed by atoms with Crippen LogP contribution in [0.25, 0.3) is 15.9 Å². The standard InChI is InChI=1S/C15H10ClN5S/c16-14-11(21-8-4-3-7-13(21)19-14)9-17-20-15-18-10-5-1-2-6-12(10)22-15/h1-9H,(H,18,20). The molecule has 0 atom stereocenters. The van der Waals surface area contributed by atoms with Crippen molar-refractivity contribution < 1.29 is 0 Å². The number of nitrogens with zero attached hydrogens (tertiary/aromatic N) is 4. The first-order chi connectivity index (χ1) is 10.8. The first kappa shape index (κ1) is 13.2. The van der Waals surface area contributed by atoms with Crippen molar-refractivity contribution in [2.45, 2.75) is 0 Å². The van der Waals surface area contributed by atoms with Gasteiger partial charge in [0.2, 0.25) is 5.13 Å². The second-order valence-corrected chi connectivity index (χ2v) is 5.96. The highest BCUT2D eigenvalue weighted by atomic mass is 35.5. The Hall–Kier alpha value is -2.44. The molecule has 4 rings (SSSR count). The number of imidazole rings is 1. The lowest BCUT2D eigenvalue weighted by molar-refractivity contribution is 1.17. The van der Waals surface area contributed by atoms with Gasteiger partial charge in [-0.3, -0.25) is 9.83 Å². The van der Waals surface area contributed by atoms with Gasteiger partial charge in [0.15, 0.2) is 5.15 Å². The molecular formula is C15H10ClN5S. The summed E-state index contributed by atoms with van der Waals surface area (Å²) in [4.78, 5) is 8.72. The van der Waals surface area contributed by atoms with Crippen LogP contribution in [-0.2, 0) is 0 Å². The summed E-state index contributed by atoms with van der Waals surface area (Å²) in [7, 11) is 0. The van der Waals surface area contributed by atoms with E-state index in [2.05, 4.69) is 20.5 Å². The van der Waals surface area contributed by atoms with E-state index in [1.807, 2.05) is 53.1 Å². The maximum absolute atomic E-state index is 6.15. The van der Waals surface area contributed by atoms with Gasteiger partial charge in [0.25, 0.3) is 0 Å². The second kappa shape index (κ2) is 5.40. The second-order valence-electron chi connectivity index (χ2n) is 4.57.